The lowest BCUT2D eigenvalue weighted by Gasteiger charge is -2.47. The molecule has 33 heavy (non-hydrogen) atoms. The highest BCUT2D eigenvalue weighted by atomic mass is 19.1. The zero-order chi connectivity index (χ0) is 23.6. The number of fused-ring (bicyclic) bond motifs is 1. The average Bonchev–Trinajstić information content (AvgIpc) is 2.79. The van der Waals surface area contributed by atoms with E-state index in [0.717, 1.165) is 35.8 Å². The van der Waals surface area contributed by atoms with E-state index in [9.17, 15) is 4.39 Å². The number of nitrogens with zero attached hydrogens (tertiary/aromatic N) is 2. The topological polar surface area (TPSA) is 34.1 Å². The fourth-order valence-electron chi connectivity index (χ4n) is 4.74. The molecule has 1 aliphatic heterocycles. The second-order valence-electron chi connectivity index (χ2n) is 9.12. The van der Waals surface area contributed by atoms with Crippen molar-refractivity contribution in [3.8, 4) is 17.2 Å². The van der Waals surface area contributed by atoms with Crippen LogP contribution < -0.4 is 14.4 Å². The first-order valence-corrected chi connectivity index (χ1v) is 11.4. The highest BCUT2D eigenvalue weighted by molar-refractivity contribution is 5.84. The van der Waals surface area contributed by atoms with Gasteiger partial charge >= 0.3 is 0 Å². The summed E-state index contributed by atoms with van der Waals surface area (Å²) in [4.78, 5) is 6.80. The van der Waals surface area contributed by atoms with Crippen molar-refractivity contribution in [2.24, 2.45) is 4.99 Å². The third-order valence-electron chi connectivity index (χ3n) is 6.30. The lowest BCUT2D eigenvalue weighted by atomic mass is 9.79. The number of hydrogen-bond donors (Lipinski definition) is 0. The maximum absolute atomic E-state index is 15.0. The van der Waals surface area contributed by atoms with Crippen LogP contribution in [0.2, 0.25) is 0 Å². The summed E-state index contributed by atoms with van der Waals surface area (Å²) in [6.45, 7) is 9.64. The van der Waals surface area contributed by atoms with Crippen LogP contribution in [0.4, 0.5) is 15.8 Å². The Morgan fingerprint density at radius 2 is 1.64 bits per heavy atom. The molecule has 3 aromatic carbocycles. The van der Waals surface area contributed by atoms with E-state index in [1.54, 1.807) is 19.4 Å². The molecule has 1 unspecified atom stereocenters. The minimum atomic E-state index is -0.250. The standard InChI is InChI=1S/C28H31FN2O2/c1-6-31-27-16-26(29)20(15-25(27)19(2)17-28(31,3)4)18-30-21-7-9-23(10-8-21)33-24-13-11-22(32-5)12-14-24/h7-16,18-19H,6,17H2,1-5H3. The van der Waals surface area contributed by atoms with Crippen molar-refractivity contribution in [2.45, 2.75) is 45.6 Å². The van der Waals surface area contributed by atoms with Gasteiger partial charge in [0.2, 0.25) is 0 Å². The monoisotopic (exact) mass is 446 g/mol. The fraction of sp³-hybridized carbons (Fsp3) is 0.321. The summed E-state index contributed by atoms with van der Waals surface area (Å²) in [6, 6.07) is 18.4. The van der Waals surface area contributed by atoms with Gasteiger partial charge in [-0.25, -0.2) is 4.39 Å². The molecule has 0 aromatic heterocycles. The van der Waals surface area contributed by atoms with E-state index in [0.29, 0.717) is 17.2 Å². The molecular formula is C28H31FN2O2. The molecule has 0 fully saturated rings. The number of anilines is 1. The Bertz CT molecular complexity index is 1140. The first-order valence-electron chi connectivity index (χ1n) is 11.4. The van der Waals surface area contributed by atoms with Crippen LogP contribution >= 0.6 is 0 Å². The van der Waals surface area contributed by atoms with Gasteiger partial charge < -0.3 is 14.4 Å². The molecule has 3 aromatic rings. The summed E-state index contributed by atoms with van der Waals surface area (Å²) in [6.07, 6.45) is 2.64. The van der Waals surface area contributed by atoms with Crippen molar-refractivity contribution in [2.75, 3.05) is 18.6 Å². The summed E-state index contributed by atoms with van der Waals surface area (Å²) in [5.74, 6) is 2.32. The smallest absolute Gasteiger partial charge is 0.134 e. The van der Waals surface area contributed by atoms with Gasteiger partial charge in [-0.15, -0.1) is 0 Å². The number of hydrogen-bond acceptors (Lipinski definition) is 4. The molecule has 0 bridgehead atoms. The number of ether oxygens (including phenoxy) is 2. The van der Waals surface area contributed by atoms with E-state index in [4.69, 9.17) is 9.47 Å². The summed E-state index contributed by atoms with van der Waals surface area (Å²) >= 11 is 0. The van der Waals surface area contributed by atoms with Gasteiger partial charge in [-0.3, -0.25) is 4.99 Å². The Hall–Kier alpha value is -3.34. The van der Waals surface area contributed by atoms with Crippen LogP contribution in [0.15, 0.2) is 65.7 Å². The quantitative estimate of drug-likeness (QED) is 0.368. The van der Waals surface area contributed by atoms with Gasteiger partial charge in [-0.1, -0.05) is 6.92 Å². The predicted molar refractivity (Wildman–Crippen MR) is 133 cm³/mol. The minimum Gasteiger partial charge on any atom is -0.497 e. The second-order valence-corrected chi connectivity index (χ2v) is 9.12. The molecule has 4 nitrogen and oxygen atoms in total. The van der Waals surface area contributed by atoms with Gasteiger partial charge in [-0.2, -0.15) is 0 Å². The van der Waals surface area contributed by atoms with Crippen molar-refractivity contribution in [3.63, 3.8) is 0 Å². The molecule has 0 N–H and O–H groups in total. The van der Waals surface area contributed by atoms with Crippen molar-refractivity contribution >= 4 is 17.6 Å². The predicted octanol–water partition coefficient (Wildman–Crippen LogP) is 7.49. The molecular weight excluding hydrogens is 415 g/mol. The second kappa shape index (κ2) is 9.26. The normalized spacial score (nSPS) is 17.2. The molecule has 0 radical (unpaired) electrons. The third-order valence-corrected chi connectivity index (χ3v) is 6.30. The van der Waals surface area contributed by atoms with Gasteiger partial charge in [0, 0.05) is 29.5 Å². The lowest BCUT2D eigenvalue weighted by molar-refractivity contribution is 0.380. The van der Waals surface area contributed by atoms with E-state index in [1.165, 1.54) is 5.56 Å². The molecule has 0 spiro atoms. The highest BCUT2D eigenvalue weighted by Crippen LogP contribution is 2.43. The van der Waals surface area contributed by atoms with Crippen LogP contribution in [0.25, 0.3) is 0 Å². The molecule has 5 heteroatoms. The van der Waals surface area contributed by atoms with Gasteiger partial charge in [0.25, 0.3) is 0 Å². The number of rotatable bonds is 6. The Kier molecular flexibility index (Phi) is 6.41. The molecule has 4 rings (SSSR count). The van der Waals surface area contributed by atoms with Crippen molar-refractivity contribution < 1.29 is 13.9 Å². The molecule has 1 heterocycles. The van der Waals surface area contributed by atoms with Gasteiger partial charge in [-0.05, 0) is 99.3 Å². The zero-order valence-electron chi connectivity index (χ0n) is 19.9. The Labute approximate surface area is 195 Å². The zero-order valence-corrected chi connectivity index (χ0v) is 19.9. The SMILES string of the molecule is CCN1c2cc(F)c(C=Nc3ccc(Oc4ccc(OC)cc4)cc3)cc2C(C)CC1(C)C. The Morgan fingerprint density at radius 1 is 1.03 bits per heavy atom. The van der Waals surface area contributed by atoms with Gasteiger partial charge in [0.1, 0.15) is 23.1 Å². The van der Waals surface area contributed by atoms with Crippen LogP contribution in [-0.2, 0) is 0 Å². The van der Waals surface area contributed by atoms with Crippen molar-refractivity contribution in [1.29, 1.82) is 0 Å². The molecule has 0 saturated heterocycles. The Morgan fingerprint density at radius 3 is 2.24 bits per heavy atom. The maximum atomic E-state index is 15.0. The van der Waals surface area contributed by atoms with E-state index >= 15 is 0 Å². The lowest BCUT2D eigenvalue weighted by Crippen LogP contribution is -2.48. The first kappa shape index (κ1) is 22.8. The van der Waals surface area contributed by atoms with Crippen LogP contribution in [0.3, 0.4) is 0 Å². The van der Waals surface area contributed by atoms with E-state index in [1.807, 2.05) is 54.6 Å². The number of halogens is 1. The molecule has 0 saturated carbocycles. The van der Waals surface area contributed by atoms with Gasteiger partial charge in [0.05, 0.1) is 12.8 Å². The average molecular weight is 447 g/mol. The van der Waals surface area contributed by atoms with Crippen molar-refractivity contribution in [1.82, 2.24) is 0 Å². The number of methoxy groups -OCH3 is 1. The van der Waals surface area contributed by atoms with Crippen LogP contribution in [-0.4, -0.2) is 25.4 Å². The van der Waals surface area contributed by atoms with Crippen LogP contribution in [0.5, 0.6) is 17.2 Å². The fourth-order valence-corrected chi connectivity index (χ4v) is 4.74. The first-order chi connectivity index (χ1) is 15.8. The summed E-state index contributed by atoms with van der Waals surface area (Å²) in [5.41, 5.74) is 3.44. The molecule has 0 aliphatic carbocycles. The van der Waals surface area contributed by atoms with E-state index < -0.39 is 0 Å². The van der Waals surface area contributed by atoms with Crippen LogP contribution in [0, 0.1) is 5.82 Å². The molecule has 1 aliphatic rings. The maximum Gasteiger partial charge on any atom is 0.134 e. The minimum absolute atomic E-state index is 0.0127. The van der Waals surface area contributed by atoms with Gasteiger partial charge in [0.15, 0.2) is 0 Å². The van der Waals surface area contributed by atoms with E-state index in [2.05, 4.69) is 37.6 Å². The van der Waals surface area contributed by atoms with Crippen molar-refractivity contribution in [3.05, 3.63) is 77.6 Å². The molecule has 0 amide bonds. The number of benzene rings is 3. The molecule has 1 atom stereocenters. The number of aliphatic imine (C=N–C) groups is 1. The van der Waals surface area contributed by atoms with Crippen LogP contribution in [0.1, 0.15) is 51.2 Å². The molecule has 172 valence electrons. The summed E-state index contributed by atoms with van der Waals surface area (Å²) in [7, 11) is 1.63. The summed E-state index contributed by atoms with van der Waals surface area (Å²) < 4.78 is 26.0. The third kappa shape index (κ3) is 4.87. The Balaban J connectivity index is 1.51. The summed E-state index contributed by atoms with van der Waals surface area (Å²) in [5, 5.41) is 0. The highest BCUT2D eigenvalue weighted by Gasteiger charge is 2.36. The largest absolute Gasteiger partial charge is 0.497 e. The van der Waals surface area contributed by atoms with E-state index in [-0.39, 0.29) is 11.4 Å².